The Balaban J connectivity index is 2.21. The zero-order valence-electron chi connectivity index (χ0n) is 14.3. The molecule has 2 aromatic rings. The zero-order chi connectivity index (χ0) is 16.9. The molecule has 0 spiro atoms. The number of para-hydroxylation sites is 1. The van der Waals surface area contributed by atoms with E-state index in [1.165, 1.54) is 0 Å². The van der Waals surface area contributed by atoms with Gasteiger partial charge in [0.15, 0.2) is 0 Å². The van der Waals surface area contributed by atoms with Crippen molar-refractivity contribution in [2.75, 3.05) is 4.31 Å². The van der Waals surface area contributed by atoms with Crippen molar-refractivity contribution in [3.05, 3.63) is 58.1 Å². The Labute approximate surface area is 139 Å². The monoisotopic (exact) mass is 329 g/mol. The molecule has 0 unspecified atom stereocenters. The average molecular weight is 329 g/mol. The molecule has 0 fully saturated rings. The third-order valence-electron chi connectivity index (χ3n) is 5.12. The van der Waals surface area contributed by atoms with Crippen molar-refractivity contribution in [3.8, 4) is 0 Å². The summed E-state index contributed by atoms with van der Waals surface area (Å²) in [4.78, 5) is 0.432. The standard InChI is InChI=1S/C19H23NO2S/c1-12-10-19(16(5)15(4)14(12)3)23(21,22)20-13(2)11-17-8-6-7-9-18(17)20/h6-10,13H,11H2,1-5H3/t13-/m1/s1. The Kier molecular flexibility index (Phi) is 3.75. The zero-order valence-corrected chi connectivity index (χ0v) is 15.2. The summed E-state index contributed by atoms with van der Waals surface area (Å²) < 4.78 is 28.3. The van der Waals surface area contributed by atoms with Gasteiger partial charge in [-0.05, 0) is 81.0 Å². The second-order valence-corrected chi connectivity index (χ2v) is 8.33. The number of benzene rings is 2. The Morgan fingerprint density at radius 2 is 1.65 bits per heavy atom. The number of sulfonamides is 1. The number of hydrogen-bond acceptors (Lipinski definition) is 2. The van der Waals surface area contributed by atoms with Gasteiger partial charge < -0.3 is 0 Å². The predicted molar refractivity (Wildman–Crippen MR) is 94.7 cm³/mol. The molecule has 0 bridgehead atoms. The van der Waals surface area contributed by atoms with Crippen LogP contribution in [-0.4, -0.2) is 14.5 Å². The summed E-state index contributed by atoms with van der Waals surface area (Å²) in [5, 5.41) is 0. The summed E-state index contributed by atoms with van der Waals surface area (Å²) in [7, 11) is -3.56. The first-order valence-corrected chi connectivity index (χ1v) is 9.39. The van der Waals surface area contributed by atoms with Gasteiger partial charge in [0.2, 0.25) is 0 Å². The number of fused-ring (bicyclic) bond motifs is 1. The SMILES string of the molecule is Cc1cc(S(=O)(=O)N2c3ccccc3C[C@H]2C)c(C)c(C)c1C. The first-order chi connectivity index (χ1) is 10.7. The molecule has 0 aliphatic carbocycles. The molecule has 0 saturated heterocycles. The van der Waals surface area contributed by atoms with Gasteiger partial charge in [-0.1, -0.05) is 18.2 Å². The van der Waals surface area contributed by atoms with E-state index in [0.717, 1.165) is 39.9 Å². The van der Waals surface area contributed by atoms with Crippen molar-refractivity contribution < 1.29 is 8.42 Å². The second-order valence-electron chi connectivity index (χ2n) is 6.55. The topological polar surface area (TPSA) is 37.4 Å². The highest BCUT2D eigenvalue weighted by Gasteiger charge is 2.36. The van der Waals surface area contributed by atoms with E-state index >= 15 is 0 Å². The molecule has 1 heterocycles. The maximum absolute atomic E-state index is 13.4. The summed E-state index contributed by atoms with van der Waals surface area (Å²) in [5.74, 6) is 0. The van der Waals surface area contributed by atoms with Crippen LogP contribution in [0.15, 0.2) is 35.2 Å². The van der Waals surface area contributed by atoms with Crippen molar-refractivity contribution >= 4 is 15.7 Å². The Hall–Kier alpha value is -1.81. The van der Waals surface area contributed by atoms with Crippen molar-refractivity contribution in [2.24, 2.45) is 0 Å². The average Bonchev–Trinajstić information content (AvgIpc) is 2.85. The summed E-state index contributed by atoms with van der Waals surface area (Å²) >= 11 is 0. The van der Waals surface area contributed by atoms with Gasteiger partial charge in [0.05, 0.1) is 10.6 Å². The minimum atomic E-state index is -3.56. The number of nitrogens with zero attached hydrogens (tertiary/aromatic N) is 1. The fourth-order valence-corrected chi connectivity index (χ4v) is 5.52. The van der Waals surface area contributed by atoms with Gasteiger partial charge >= 0.3 is 0 Å². The minimum Gasteiger partial charge on any atom is -0.263 e. The molecule has 23 heavy (non-hydrogen) atoms. The van der Waals surface area contributed by atoms with Crippen LogP contribution in [0.4, 0.5) is 5.69 Å². The maximum atomic E-state index is 13.4. The summed E-state index contributed by atoms with van der Waals surface area (Å²) in [6.07, 6.45) is 0.762. The molecule has 0 radical (unpaired) electrons. The molecule has 2 aromatic carbocycles. The lowest BCUT2D eigenvalue weighted by atomic mass is 10.00. The van der Waals surface area contributed by atoms with Crippen LogP contribution >= 0.6 is 0 Å². The van der Waals surface area contributed by atoms with E-state index in [-0.39, 0.29) is 6.04 Å². The summed E-state index contributed by atoms with van der Waals surface area (Å²) in [5.41, 5.74) is 6.01. The third kappa shape index (κ3) is 2.36. The first-order valence-electron chi connectivity index (χ1n) is 7.95. The Morgan fingerprint density at radius 1 is 1.00 bits per heavy atom. The van der Waals surface area contributed by atoms with Crippen LogP contribution in [-0.2, 0) is 16.4 Å². The number of aryl methyl sites for hydroxylation is 1. The van der Waals surface area contributed by atoms with Crippen LogP contribution < -0.4 is 4.31 Å². The lowest BCUT2D eigenvalue weighted by Gasteiger charge is -2.26. The van der Waals surface area contributed by atoms with Crippen LogP contribution in [0.2, 0.25) is 0 Å². The van der Waals surface area contributed by atoms with Crippen LogP contribution in [0.5, 0.6) is 0 Å². The van der Waals surface area contributed by atoms with Crippen molar-refractivity contribution in [2.45, 2.75) is 52.0 Å². The fraction of sp³-hybridized carbons (Fsp3) is 0.368. The van der Waals surface area contributed by atoms with Gasteiger partial charge in [-0.25, -0.2) is 8.42 Å². The number of rotatable bonds is 2. The molecular weight excluding hydrogens is 306 g/mol. The molecule has 0 N–H and O–H groups in total. The quantitative estimate of drug-likeness (QED) is 0.833. The second kappa shape index (κ2) is 5.38. The predicted octanol–water partition coefficient (Wildman–Crippen LogP) is 4.06. The van der Waals surface area contributed by atoms with Crippen molar-refractivity contribution in [3.63, 3.8) is 0 Å². The largest absolute Gasteiger partial charge is 0.264 e. The van der Waals surface area contributed by atoms with Crippen molar-refractivity contribution in [1.29, 1.82) is 0 Å². The maximum Gasteiger partial charge on any atom is 0.264 e. The van der Waals surface area contributed by atoms with E-state index in [1.807, 2.05) is 65.0 Å². The van der Waals surface area contributed by atoms with Crippen LogP contribution in [0.25, 0.3) is 0 Å². The molecule has 1 aliphatic heterocycles. The minimum absolute atomic E-state index is 0.0567. The lowest BCUT2D eigenvalue weighted by molar-refractivity contribution is 0.583. The van der Waals surface area contributed by atoms with Gasteiger partial charge in [-0.15, -0.1) is 0 Å². The van der Waals surface area contributed by atoms with Crippen molar-refractivity contribution in [1.82, 2.24) is 0 Å². The molecule has 0 aromatic heterocycles. The molecular formula is C19H23NO2S. The van der Waals surface area contributed by atoms with Gasteiger partial charge in [0.1, 0.15) is 0 Å². The van der Waals surface area contributed by atoms with E-state index in [2.05, 4.69) is 0 Å². The summed E-state index contributed by atoms with van der Waals surface area (Å²) in [6, 6.07) is 9.55. The molecule has 3 rings (SSSR count). The fourth-order valence-electron chi connectivity index (χ4n) is 3.45. The Morgan fingerprint density at radius 3 is 2.35 bits per heavy atom. The van der Waals surface area contributed by atoms with Crippen LogP contribution in [0.3, 0.4) is 0 Å². The van der Waals surface area contributed by atoms with E-state index in [4.69, 9.17) is 0 Å². The number of hydrogen-bond donors (Lipinski definition) is 0. The molecule has 4 heteroatoms. The third-order valence-corrected chi connectivity index (χ3v) is 7.17. The Bertz CT molecular complexity index is 884. The van der Waals surface area contributed by atoms with Crippen LogP contribution in [0.1, 0.15) is 34.7 Å². The van der Waals surface area contributed by atoms with E-state index in [0.29, 0.717) is 4.90 Å². The lowest BCUT2D eigenvalue weighted by Crippen LogP contribution is -2.36. The van der Waals surface area contributed by atoms with Gasteiger partial charge in [-0.3, -0.25) is 4.31 Å². The molecule has 0 saturated carbocycles. The van der Waals surface area contributed by atoms with Crippen LogP contribution in [0, 0.1) is 27.7 Å². The van der Waals surface area contributed by atoms with Gasteiger partial charge in [0.25, 0.3) is 10.0 Å². The molecule has 1 atom stereocenters. The van der Waals surface area contributed by atoms with E-state index in [9.17, 15) is 8.42 Å². The molecule has 0 amide bonds. The summed E-state index contributed by atoms with van der Waals surface area (Å²) in [6.45, 7) is 9.89. The van der Waals surface area contributed by atoms with Gasteiger partial charge in [0, 0.05) is 6.04 Å². The van der Waals surface area contributed by atoms with E-state index < -0.39 is 10.0 Å². The normalized spacial score (nSPS) is 17.4. The first kappa shape index (κ1) is 16.1. The highest BCUT2D eigenvalue weighted by Crippen LogP contribution is 2.38. The highest BCUT2D eigenvalue weighted by atomic mass is 32.2. The highest BCUT2D eigenvalue weighted by molar-refractivity contribution is 7.93. The van der Waals surface area contributed by atoms with E-state index in [1.54, 1.807) is 4.31 Å². The molecule has 3 nitrogen and oxygen atoms in total. The van der Waals surface area contributed by atoms with Gasteiger partial charge in [-0.2, -0.15) is 0 Å². The molecule has 122 valence electrons. The smallest absolute Gasteiger partial charge is 0.263 e. The number of anilines is 1. The molecule has 1 aliphatic rings.